The Morgan fingerprint density at radius 3 is 2.68 bits per heavy atom. The number of phenolic OH excluding ortho intramolecular Hbond substituents is 1. The van der Waals surface area contributed by atoms with E-state index >= 15 is 0 Å². The topological polar surface area (TPSA) is 66.4 Å². The summed E-state index contributed by atoms with van der Waals surface area (Å²) in [5, 5.41) is 12.1. The highest BCUT2D eigenvalue weighted by molar-refractivity contribution is 6.04. The average Bonchev–Trinajstić information content (AvgIpc) is 2.42. The largest absolute Gasteiger partial charge is 0.508 e. The first-order valence-corrected chi connectivity index (χ1v) is 5.76. The lowest BCUT2D eigenvalue weighted by molar-refractivity contribution is 0.102. The summed E-state index contributed by atoms with van der Waals surface area (Å²) in [6.45, 7) is 1.72. The van der Waals surface area contributed by atoms with Crippen molar-refractivity contribution in [2.45, 2.75) is 6.92 Å². The number of aryl methyl sites for hydroxylation is 1. The number of amides is 1. The fourth-order valence-electron chi connectivity index (χ4n) is 1.69. The number of carbonyl (C=O) groups excluding carboxylic acids is 2. The fraction of sp³-hybridized carbons (Fsp3) is 0.0667. The van der Waals surface area contributed by atoms with Crippen molar-refractivity contribution in [2.24, 2.45) is 0 Å². The SMILES string of the molecule is Cc1cc(C(=O)Nc2cccc(C=O)c2)ccc1O. The third-order valence-electron chi connectivity index (χ3n) is 2.74. The van der Waals surface area contributed by atoms with Gasteiger partial charge in [0, 0.05) is 16.8 Å². The third-order valence-corrected chi connectivity index (χ3v) is 2.74. The molecule has 2 aromatic rings. The molecule has 1 amide bonds. The minimum atomic E-state index is -0.286. The minimum Gasteiger partial charge on any atom is -0.508 e. The van der Waals surface area contributed by atoms with Gasteiger partial charge in [0.25, 0.3) is 5.91 Å². The van der Waals surface area contributed by atoms with Gasteiger partial charge in [0.2, 0.25) is 0 Å². The second-order valence-electron chi connectivity index (χ2n) is 4.20. The van der Waals surface area contributed by atoms with E-state index in [-0.39, 0.29) is 11.7 Å². The van der Waals surface area contributed by atoms with Crippen molar-refractivity contribution in [1.29, 1.82) is 0 Å². The zero-order chi connectivity index (χ0) is 13.8. The van der Waals surface area contributed by atoms with Gasteiger partial charge in [-0.05, 0) is 42.8 Å². The summed E-state index contributed by atoms with van der Waals surface area (Å²) < 4.78 is 0. The number of nitrogens with one attached hydrogen (secondary N) is 1. The number of hydrogen-bond donors (Lipinski definition) is 2. The van der Waals surface area contributed by atoms with Crippen LogP contribution in [0.5, 0.6) is 5.75 Å². The standard InChI is InChI=1S/C15H13NO3/c1-10-7-12(5-6-14(10)18)15(19)16-13-4-2-3-11(8-13)9-17/h2-9,18H,1H3,(H,16,19). The number of hydrogen-bond acceptors (Lipinski definition) is 3. The lowest BCUT2D eigenvalue weighted by Crippen LogP contribution is -2.12. The Labute approximate surface area is 110 Å². The summed E-state index contributed by atoms with van der Waals surface area (Å²) in [7, 11) is 0. The van der Waals surface area contributed by atoms with Crippen LogP contribution < -0.4 is 5.32 Å². The van der Waals surface area contributed by atoms with Gasteiger partial charge in [-0.3, -0.25) is 9.59 Å². The van der Waals surface area contributed by atoms with Crippen LogP contribution in [0.4, 0.5) is 5.69 Å². The van der Waals surface area contributed by atoms with Crippen LogP contribution in [0.2, 0.25) is 0 Å². The van der Waals surface area contributed by atoms with Crippen LogP contribution in [0, 0.1) is 6.92 Å². The zero-order valence-electron chi connectivity index (χ0n) is 10.4. The summed E-state index contributed by atoms with van der Waals surface area (Å²) in [5.41, 5.74) is 2.14. The first-order valence-electron chi connectivity index (χ1n) is 5.76. The van der Waals surface area contributed by atoms with E-state index in [0.29, 0.717) is 22.4 Å². The monoisotopic (exact) mass is 255 g/mol. The molecule has 0 atom stereocenters. The van der Waals surface area contributed by atoms with Crippen molar-refractivity contribution < 1.29 is 14.7 Å². The Kier molecular flexibility index (Phi) is 3.61. The number of anilines is 1. The molecule has 2 rings (SSSR count). The van der Waals surface area contributed by atoms with Crippen LogP contribution in [-0.4, -0.2) is 17.3 Å². The highest BCUT2D eigenvalue weighted by Crippen LogP contribution is 2.18. The smallest absolute Gasteiger partial charge is 0.255 e. The van der Waals surface area contributed by atoms with Gasteiger partial charge >= 0.3 is 0 Å². The van der Waals surface area contributed by atoms with E-state index in [9.17, 15) is 14.7 Å². The Morgan fingerprint density at radius 2 is 2.00 bits per heavy atom. The van der Waals surface area contributed by atoms with Gasteiger partial charge in [-0.1, -0.05) is 12.1 Å². The van der Waals surface area contributed by atoms with Gasteiger partial charge in [-0.15, -0.1) is 0 Å². The van der Waals surface area contributed by atoms with Crippen molar-refractivity contribution in [3.63, 3.8) is 0 Å². The number of aldehydes is 1. The van der Waals surface area contributed by atoms with E-state index in [0.717, 1.165) is 6.29 Å². The van der Waals surface area contributed by atoms with Gasteiger partial charge < -0.3 is 10.4 Å². The number of rotatable bonds is 3. The molecule has 4 nitrogen and oxygen atoms in total. The quantitative estimate of drug-likeness (QED) is 0.829. The number of benzene rings is 2. The van der Waals surface area contributed by atoms with Gasteiger partial charge in [0.1, 0.15) is 12.0 Å². The minimum absolute atomic E-state index is 0.152. The predicted octanol–water partition coefficient (Wildman–Crippen LogP) is 2.77. The summed E-state index contributed by atoms with van der Waals surface area (Å²) >= 11 is 0. The Bertz CT molecular complexity index is 635. The molecular formula is C15H13NO3. The highest BCUT2D eigenvalue weighted by Gasteiger charge is 2.08. The van der Waals surface area contributed by atoms with Gasteiger partial charge in [-0.25, -0.2) is 0 Å². The molecule has 0 unspecified atom stereocenters. The maximum absolute atomic E-state index is 12.0. The molecule has 0 aliphatic rings. The molecule has 0 saturated carbocycles. The van der Waals surface area contributed by atoms with Crippen molar-refractivity contribution in [3.05, 3.63) is 59.2 Å². The van der Waals surface area contributed by atoms with E-state index in [1.165, 1.54) is 6.07 Å². The summed E-state index contributed by atoms with van der Waals surface area (Å²) in [6, 6.07) is 11.3. The molecule has 0 aliphatic heterocycles. The zero-order valence-corrected chi connectivity index (χ0v) is 10.4. The Hall–Kier alpha value is -2.62. The van der Waals surface area contributed by atoms with Crippen LogP contribution in [0.15, 0.2) is 42.5 Å². The molecule has 0 aliphatic carbocycles. The summed E-state index contributed by atoms with van der Waals surface area (Å²) in [5.74, 6) is -0.134. The second-order valence-corrected chi connectivity index (χ2v) is 4.20. The molecule has 0 radical (unpaired) electrons. The molecule has 0 heterocycles. The third kappa shape index (κ3) is 2.98. The van der Waals surface area contributed by atoms with E-state index in [2.05, 4.69) is 5.32 Å². The number of phenols is 1. The second kappa shape index (κ2) is 5.35. The molecule has 4 heteroatoms. The van der Waals surface area contributed by atoms with E-state index in [1.807, 2.05) is 0 Å². The van der Waals surface area contributed by atoms with Gasteiger partial charge in [0.15, 0.2) is 0 Å². The van der Waals surface area contributed by atoms with Crippen molar-refractivity contribution in [3.8, 4) is 5.75 Å². The molecule has 0 aromatic heterocycles. The van der Waals surface area contributed by atoms with Crippen LogP contribution >= 0.6 is 0 Å². The lowest BCUT2D eigenvalue weighted by Gasteiger charge is -2.07. The highest BCUT2D eigenvalue weighted by atomic mass is 16.3. The Balaban J connectivity index is 2.20. The first-order chi connectivity index (χ1) is 9.10. The van der Waals surface area contributed by atoms with Gasteiger partial charge in [0.05, 0.1) is 0 Å². The summed E-state index contributed by atoms with van der Waals surface area (Å²) in [6.07, 6.45) is 0.723. The summed E-state index contributed by atoms with van der Waals surface area (Å²) in [4.78, 5) is 22.7. The number of aromatic hydroxyl groups is 1. The molecular weight excluding hydrogens is 242 g/mol. The number of carbonyl (C=O) groups is 2. The molecule has 0 fully saturated rings. The molecule has 19 heavy (non-hydrogen) atoms. The molecule has 0 bridgehead atoms. The van der Waals surface area contributed by atoms with E-state index in [1.54, 1.807) is 43.3 Å². The molecule has 96 valence electrons. The molecule has 2 N–H and O–H groups in total. The molecule has 0 saturated heterocycles. The lowest BCUT2D eigenvalue weighted by atomic mass is 10.1. The Morgan fingerprint density at radius 1 is 1.21 bits per heavy atom. The van der Waals surface area contributed by atoms with Crippen LogP contribution in [0.3, 0.4) is 0 Å². The van der Waals surface area contributed by atoms with Crippen molar-refractivity contribution in [1.82, 2.24) is 0 Å². The van der Waals surface area contributed by atoms with Gasteiger partial charge in [-0.2, -0.15) is 0 Å². The first kappa shape index (κ1) is 12.8. The predicted molar refractivity (Wildman–Crippen MR) is 72.6 cm³/mol. The van der Waals surface area contributed by atoms with E-state index in [4.69, 9.17) is 0 Å². The van der Waals surface area contributed by atoms with E-state index < -0.39 is 0 Å². The average molecular weight is 255 g/mol. The van der Waals surface area contributed by atoms with Crippen molar-refractivity contribution in [2.75, 3.05) is 5.32 Å². The van der Waals surface area contributed by atoms with Crippen LogP contribution in [-0.2, 0) is 0 Å². The molecule has 2 aromatic carbocycles. The van der Waals surface area contributed by atoms with Crippen molar-refractivity contribution >= 4 is 17.9 Å². The molecule has 0 spiro atoms. The van der Waals surface area contributed by atoms with Crippen LogP contribution in [0.1, 0.15) is 26.3 Å². The maximum Gasteiger partial charge on any atom is 0.255 e. The fourth-order valence-corrected chi connectivity index (χ4v) is 1.69. The normalized spacial score (nSPS) is 9.95. The van der Waals surface area contributed by atoms with Crippen LogP contribution in [0.25, 0.3) is 0 Å². The maximum atomic E-state index is 12.0.